The molecule has 2 aromatic rings. The highest BCUT2D eigenvalue weighted by atomic mass is 79.9. The van der Waals surface area contributed by atoms with E-state index in [0.29, 0.717) is 21.3 Å². The molecule has 3 N–H and O–H groups in total. The predicted molar refractivity (Wildman–Crippen MR) is 111 cm³/mol. The van der Waals surface area contributed by atoms with Gasteiger partial charge in [0, 0.05) is 10.5 Å². The molecule has 136 valence electrons. The Kier molecular flexibility index (Phi) is 7.29. The number of nitrogens with one attached hydrogen (secondary N) is 3. The molecule has 0 saturated heterocycles. The van der Waals surface area contributed by atoms with Gasteiger partial charge in [0.25, 0.3) is 11.8 Å². The van der Waals surface area contributed by atoms with Crippen LogP contribution in [0.5, 0.6) is 0 Å². The second-order valence-corrected chi connectivity index (χ2v) is 6.98. The van der Waals surface area contributed by atoms with Crippen molar-refractivity contribution in [3.63, 3.8) is 0 Å². The zero-order valence-corrected chi connectivity index (χ0v) is 16.9. The molecule has 0 saturated carbocycles. The maximum Gasteiger partial charge on any atom is 0.258 e. The molecule has 0 aliphatic heterocycles. The Labute approximate surface area is 166 Å². The van der Waals surface area contributed by atoms with Gasteiger partial charge in [0.2, 0.25) is 0 Å². The first-order valence-electron chi connectivity index (χ1n) is 8.19. The molecule has 0 bridgehead atoms. The summed E-state index contributed by atoms with van der Waals surface area (Å²) in [6.07, 6.45) is 0.835. The highest BCUT2D eigenvalue weighted by Gasteiger charge is 2.15. The van der Waals surface area contributed by atoms with Crippen LogP contribution in [0.4, 0.5) is 5.69 Å². The summed E-state index contributed by atoms with van der Waals surface area (Å²) in [4.78, 5) is 24.7. The van der Waals surface area contributed by atoms with Crippen molar-refractivity contribution in [2.45, 2.75) is 26.3 Å². The van der Waals surface area contributed by atoms with Crippen LogP contribution in [0.25, 0.3) is 0 Å². The summed E-state index contributed by atoms with van der Waals surface area (Å²) in [6.45, 7) is 3.94. The van der Waals surface area contributed by atoms with Gasteiger partial charge in [-0.15, -0.1) is 0 Å². The van der Waals surface area contributed by atoms with Crippen LogP contribution in [0, 0.1) is 0 Å². The van der Waals surface area contributed by atoms with Gasteiger partial charge >= 0.3 is 0 Å². The van der Waals surface area contributed by atoms with Crippen LogP contribution in [-0.4, -0.2) is 23.0 Å². The van der Waals surface area contributed by atoms with Crippen molar-refractivity contribution < 1.29 is 9.59 Å². The zero-order valence-electron chi connectivity index (χ0n) is 14.5. The molecule has 26 heavy (non-hydrogen) atoms. The van der Waals surface area contributed by atoms with Gasteiger partial charge in [-0.2, -0.15) is 0 Å². The smallest absolute Gasteiger partial charge is 0.258 e. The van der Waals surface area contributed by atoms with Crippen molar-refractivity contribution in [3.8, 4) is 0 Å². The molecule has 0 aliphatic rings. The highest BCUT2D eigenvalue weighted by molar-refractivity contribution is 9.10. The van der Waals surface area contributed by atoms with E-state index in [9.17, 15) is 9.59 Å². The fourth-order valence-corrected chi connectivity index (χ4v) is 2.83. The molecule has 2 aromatic carbocycles. The summed E-state index contributed by atoms with van der Waals surface area (Å²) >= 11 is 8.56. The lowest BCUT2D eigenvalue weighted by Crippen LogP contribution is -2.36. The van der Waals surface area contributed by atoms with Crippen molar-refractivity contribution in [2.24, 2.45) is 0 Å². The topological polar surface area (TPSA) is 70.2 Å². The predicted octanol–water partition coefficient (Wildman–Crippen LogP) is 4.10. The Morgan fingerprint density at radius 2 is 1.65 bits per heavy atom. The van der Waals surface area contributed by atoms with Gasteiger partial charge in [-0.1, -0.05) is 31.2 Å². The summed E-state index contributed by atoms with van der Waals surface area (Å²) in [6, 6.07) is 14.1. The zero-order chi connectivity index (χ0) is 19.1. The number of para-hydroxylation sites is 1. The summed E-state index contributed by atoms with van der Waals surface area (Å²) in [7, 11) is 0. The number of amides is 2. The molecule has 1 unspecified atom stereocenters. The number of rotatable bonds is 5. The standard InChI is InChI=1S/C19H20BrN3O2S/c1-3-12(2)21-18(25)14-9-5-7-11-16(14)22-19(26)23-17(24)13-8-4-6-10-15(13)20/h4-12H,3H2,1-2H3,(H,21,25)(H2,22,23,24,26). The van der Waals surface area contributed by atoms with Crippen molar-refractivity contribution in [2.75, 3.05) is 5.32 Å². The van der Waals surface area contributed by atoms with Gasteiger partial charge in [-0.05, 0) is 65.8 Å². The Bertz CT molecular complexity index is 826. The Morgan fingerprint density at radius 3 is 2.31 bits per heavy atom. The van der Waals surface area contributed by atoms with Crippen LogP contribution in [0.15, 0.2) is 53.0 Å². The summed E-state index contributed by atoms with van der Waals surface area (Å²) in [5, 5.41) is 8.59. The second kappa shape index (κ2) is 9.45. The number of benzene rings is 2. The van der Waals surface area contributed by atoms with Gasteiger partial charge < -0.3 is 10.6 Å². The third-order valence-electron chi connectivity index (χ3n) is 3.76. The average Bonchev–Trinajstić information content (AvgIpc) is 2.62. The van der Waals surface area contributed by atoms with E-state index in [1.807, 2.05) is 19.9 Å². The molecule has 0 fully saturated rings. The molecule has 2 rings (SSSR count). The van der Waals surface area contributed by atoms with Gasteiger partial charge in [-0.3, -0.25) is 14.9 Å². The summed E-state index contributed by atoms with van der Waals surface area (Å²) < 4.78 is 0.675. The van der Waals surface area contributed by atoms with Gasteiger partial charge in [0.05, 0.1) is 16.8 Å². The molecule has 5 nitrogen and oxygen atoms in total. The van der Waals surface area contributed by atoms with Crippen molar-refractivity contribution in [1.29, 1.82) is 0 Å². The van der Waals surface area contributed by atoms with Crippen molar-refractivity contribution >= 4 is 50.8 Å². The third-order valence-corrected chi connectivity index (χ3v) is 4.65. The van der Waals surface area contributed by atoms with Crippen LogP contribution in [0.3, 0.4) is 0 Å². The van der Waals surface area contributed by atoms with Crippen LogP contribution >= 0.6 is 28.1 Å². The number of carbonyl (C=O) groups is 2. The first-order valence-corrected chi connectivity index (χ1v) is 9.39. The molecule has 0 aromatic heterocycles. The van der Waals surface area contributed by atoms with Crippen LogP contribution in [0.1, 0.15) is 41.0 Å². The second-order valence-electron chi connectivity index (χ2n) is 5.72. The molecular weight excluding hydrogens is 414 g/mol. The van der Waals surface area contributed by atoms with E-state index in [4.69, 9.17) is 12.2 Å². The van der Waals surface area contributed by atoms with E-state index in [2.05, 4.69) is 31.9 Å². The van der Waals surface area contributed by atoms with Gasteiger partial charge in [0.15, 0.2) is 5.11 Å². The Balaban J connectivity index is 2.09. The lowest BCUT2D eigenvalue weighted by atomic mass is 10.1. The highest BCUT2D eigenvalue weighted by Crippen LogP contribution is 2.17. The number of thiocarbonyl (C=S) groups is 1. The lowest BCUT2D eigenvalue weighted by Gasteiger charge is -2.16. The van der Waals surface area contributed by atoms with E-state index < -0.39 is 0 Å². The minimum atomic E-state index is -0.337. The quantitative estimate of drug-likeness (QED) is 0.620. The Morgan fingerprint density at radius 1 is 1.04 bits per heavy atom. The maximum absolute atomic E-state index is 12.4. The third kappa shape index (κ3) is 5.37. The molecule has 0 aliphatic carbocycles. The molecule has 0 radical (unpaired) electrons. The van der Waals surface area contributed by atoms with Crippen LogP contribution in [0.2, 0.25) is 0 Å². The molecule has 0 spiro atoms. The summed E-state index contributed by atoms with van der Waals surface area (Å²) in [5.41, 5.74) is 1.47. The molecular formula is C19H20BrN3O2S. The Hall–Kier alpha value is -2.25. The maximum atomic E-state index is 12.4. The number of carbonyl (C=O) groups excluding carboxylic acids is 2. The normalized spacial score (nSPS) is 11.3. The minimum absolute atomic E-state index is 0.0673. The van der Waals surface area contributed by atoms with E-state index in [0.717, 1.165) is 6.42 Å². The number of anilines is 1. The average molecular weight is 434 g/mol. The van der Waals surface area contributed by atoms with Gasteiger partial charge in [-0.25, -0.2) is 0 Å². The number of hydrogen-bond donors (Lipinski definition) is 3. The van der Waals surface area contributed by atoms with Crippen LogP contribution < -0.4 is 16.0 Å². The van der Waals surface area contributed by atoms with E-state index in [1.54, 1.807) is 42.5 Å². The van der Waals surface area contributed by atoms with E-state index in [1.165, 1.54) is 0 Å². The SMILES string of the molecule is CCC(C)NC(=O)c1ccccc1NC(=S)NC(=O)c1ccccc1Br. The van der Waals surface area contributed by atoms with Crippen molar-refractivity contribution in [3.05, 3.63) is 64.1 Å². The van der Waals surface area contributed by atoms with Crippen LogP contribution in [-0.2, 0) is 0 Å². The van der Waals surface area contributed by atoms with Gasteiger partial charge in [0.1, 0.15) is 0 Å². The molecule has 0 heterocycles. The monoisotopic (exact) mass is 433 g/mol. The first kappa shape index (κ1) is 20.1. The largest absolute Gasteiger partial charge is 0.350 e. The molecule has 1 atom stereocenters. The van der Waals surface area contributed by atoms with Crippen molar-refractivity contribution in [1.82, 2.24) is 10.6 Å². The molecule has 2 amide bonds. The minimum Gasteiger partial charge on any atom is -0.350 e. The number of halogens is 1. The van der Waals surface area contributed by atoms with E-state index in [-0.39, 0.29) is 23.0 Å². The lowest BCUT2D eigenvalue weighted by molar-refractivity contribution is 0.0938. The molecule has 7 heteroatoms. The first-order chi connectivity index (χ1) is 12.4. The fraction of sp³-hybridized carbons (Fsp3) is 0.211. The van der Waals surface area contributed by atoms with E-state index >= 15 is 0 Å². The number of hydrogen-bond acceptors (Lipinski definition) is 3. The fourth-order valence-electron chi connectivity index (χ4n) is 2.16. The summed E-state index contributed by atoms with van der Waals surface area (Å²) in [5.74, 6) is -0.529.